The van der Waals surface area contributed by atoms with Crippen LogP contribution in [0, 0.1) is 17.8 Å². The number of rotatable bonds is 24. The molecule has 0 aliphatic carbocycles. The molecule has 93 heavy (non-hydrogen) atoms. The molecule has 3 saturated heterocycles. The lowest BCUT2D eigenvalue weighted by Gasteiger charge is -2.39. The molecule has 0 bridgehead atoms. The fraction of sp³-hybridized carbons (Fsp3) is 0.700. The van der Waals surface area contributed by atoms with Gasteiger partial charge in [-0.3, -0.25) is 76.7 Å². The van der Waals surface area contributed by atoms with E-state index in [0.717, 1.165) is 50.3 Å². The number of unbranched alkanes of at least 4 members (excludes halogenated alkanes) is 5. The standard InChI is InChI=1S/C60H95N13O20/c1-8-32(4)20-15-13-11-9-10-12-14-16-23-41(74)65-38(28-46(81)82)53(85)71-50-35(7)64-54(86)40-22-19-25-73(40)58(90)47(31(2)3)69-57(89)49(34(6)61)68-43(76)30-63-51(83)36(26-44(77)78)66-42(75)29-62-52(84)37(27-45(79)80)67-56(88)48(33(5)60(92)93)70-55(87)39-21-17-18-24-72(39)59(50)91/h14,16,31-40,47-50H,8-13,15,17-30,61H2,1-7H3,(H,62,84)(H,63,83)(H,64,86)(H,65,74)(H,66,75)(H,67,88)(H,68,76)(H,69,89)(H,70,87)(H,71,85)(H,77,78)(H,79,80)(H,81,82)(H,92,93)/b16-14-/t32?,33-,34?,35+,36-,37-,38-,39+,40-,47-,48-,49+,50-/m0/s1. The molecule has 13 atom stereocenters. The number of nitrogens with two attached hydrogens (primary N) is 1. The molecule has 0 aromatic heterocycles. The minimum absolute atomic E-state index is 0.0224. The van der Waals surface area contributed by atoms with Crippen molar-refractivity contribution < 1.29 is 97.1 Å². The third kappa shape index (κ3) is 26.0. The molecular formula is C60H95N13O20. The van der Waals surface area contributed by atoms with Crippen LogP contribution in [0.2, 0.25) is 0 Å². The summed E-state index contributed by atoms with van der Waals surface area (Å²) in [6.45, 7) is 8.75. The number of hydrogen-bond acceptors (Lipinski definition) is 17. The molecule has 0 aromatic rings. The van der Waals surface area contributed by atoms with Crippen molar-refractivity contribution in [3.63, 3.8) is 0 Å². The summed E-state index contributed by atoms with van der Waals surface area (Å²) in [4.78, 5) is 219. The summed E-state index contributed by atoms with van der Waals surface area (Å²) in [5, 5.41) is 62.3. The fourth-order valence-corrected chi connectivity index (χ4v) is 10.7. The zero-order valence-electron chi connectivity index (χ0n) is 53.9. The highest BCUT2D eigenvalue weighted by molar-refractivity contribution is 6.01. The Bertz CT molecular complexity index is 2740. The number of nitrogens with zero attached hydrogens (tertiary/aromatic N) is 2. The van der Waals surface area contributed by atoms with Gasteiger partial charge in [0.05, 0.1) is 44.3 Å². The smallest absolute Gasteiger partial charge is 0.308 e. The van der Waals surface area contributed by atoms with Gasteiger partial charge in [0.25, 0.3) is 0 Å². The van der Waals surface area contributed by atoms with Crippen LogP contribution in [0.5, 0.6) is 0 Å². The SMILES string of the molecule is CCC(C)CCCCCCC/C=C\CC(=O)N[C@@H](CC(=O)O)C(=O)N[C@@H]1C(=O)N2CCCC[C@@H]2C(=O)N[C@@H]([C@H](C)C(=O)O)C(=O)N[C@@H](CC(=O)O)C(=O)NCC(=O)N[C@@H](CC(=O)O)C(=O)NCC(=O)N[C@H](C(C)N)C(=O)N[C@@H](C(C)C)C(=O)N2CCC[C@H]2C(=O)N[C@@H]1C. The maximum absolute atomic E-state index is 15.2. The van der Waals surface area contributed by atoms with Crippen LogP contribution in [0.1, 0.15) is 158 Å². The second-order valence-electron chi connectivity index (χ2n) is 24.3. The number of carboxylic acids is 4. The predicted octanol–water partition coefficient (Wildman–Crippen LogP) is -2.63. The van der Waals surface area contributed by atoms with Crippen molar-refractivity contribution in [1.29, 1.82) is 0 Å². The number of carbonyl (C=O) groups is 16. The Morgan fingerprint density at radius 1 is 0.591 bits per heavy atom. The lowest BCUT2D eigenvalue weighted by Crippen LogP contribution is -2.66. The number of hydrogen-bond donors (Lipinski definition) is 15. The van der Waals surface area contributed by atoms with Crippen LogP contribution in [-0.4, -0.2) is 218 Å². The zero-order chi connectivity index (χ0) is 69.8. The van der Waals surface area contributed by atoms with Crippen molar-refractivity contribution >= 4 is 94.8 Å². The number of amides is 12. The van der Waals surface area contributed by atoms with E-state index in [1.807, 2.05) is 10.6 Å². The van der Waals surface area contributed by atoms with Gasteiger partial charge in [-0.05, 0) is 77.6 Å². The topological polar surface area (TPSA) is 507 Å². The normalized spacial score (nSPS) is 25.3. The zero-order valence-corrected chi connectivity index (χ0v) is 53.9. The van der Waals surface area contributed by atoms with Crippen molar-refractivity contribution in [1.82, 2.24) is 63.0 Å². The molecule has 3 aliphatic rings. The summed E-state index contributed by atoms with van der Waals surface area (Å²) >= 11 is 0. The molecule has 3 fully saturated rings. The van der Waals surface area contributed by atoms with E-state index in [4.69, 9.17) is 5.73 Å². The van der Waals surface area contributed by atoms with E-state index in [1.54, 1.807) is 26.0 Å². The molecule has 33 nitrogen and oxygen atoms in total. The molecule has 12 amide bonds. The van der Waals surface area contributed by atoms with E-state index in [2.05, 4.69) is 56.4 Å². The third-order valence-corrected chi connectivity index (χ3v) is 16.3. The van der Waals surface area contributed by atoms with Gasteiger partial charge in [-0.1, -0.05) is 78.4 Å². The van der Waals surface area contributed by atoms with Crippen molar-refractivity contribution in [3.8, 4) is 0 Å². The number of aliphatic carboxylic acids is 4. The van der Waals surface area contributed by atoms with E-state index in [0.29, 0.717) is 12.3 Å². The maximum atomic E-state index is 15.2. The van der Waals surface area contributed by atoms with E-state index >= 15 is 4.79 Å². The molecule has 520 valence electrons. The molecule has 3 heterocycles. The van der Waals surface area contributed by atoms with Crippen LogP contribution < -0.4 is 58.9 Å². The highest BCUT2D eigenvalue weighted by Gasteiger charge is 2.45. The maximum Gasteiger partial charge on any atom is 0.308 e. The summed E-state index contributed by atoms with van der Waals surface area (Å²) in [6.07, 6.45) is 8.40. The first-order valence-corrected chi connectivity index (χ1v) is 31.6. The Morgan fingerprint density at radius 3 is 1.69 bits per heavy atom. The highest BCUT2D eigenvalue weighted by atomic mass is 16.4. The average molecular weight is 1320 g/mol. The molecule has 0 spiro atoms. The monoisotopic (exact) mass is 1320 g/mol. The number of allylic oxidation sites excluding steroid dienone is 1. The Balaban J connectivity index is 2.14. The number of carboxylic acid groups (broad SMARTS) is 4. The van der Waals surface area contributed by atoms with Crippen molar-refractivity contribution in [2.24, 2.45) is 23.5 Å². The Labute approximate surface area is 539 Å². The molecule has 2 unspecified atom stereocenters. The lowest BCUT2D eigenvalue weighted by molar-refractivity contribution is -0.150. The molecule has 3 rings (SSSR count). The molecule has 0 saturated carbocycles. The fourth-order valence-electron chi connectivity index (χ4n) is 10.7. The van der Waals surface area contributed by atoms with Crippen LogP contribution >= 0.6 is 0 Å². The first kappa shape index (κ1) is 78.5. The summed E-state index contributed by atoms with van der Waals surface area (Å²) in [5.41, 5.74) is 6.12. The number of fused-ring (bicyclic) bond motifs is 2. The van der Waals surface area contributed by atoms with Crippen molar-refractivity contribution in [3.05, 3.63) is 12.2 Å². The number of piperidine rings is 1. The molecular weight excluding hydrogens is 1220 g/mol. The highest BCUT2D eigenvalue weighted by Crippen LogP contribution is 2.24. The first-order chi connectivity index (χ1) is 43.8. The van der Waals surface area contributed by atoms with Crippen LogP contribution in [0.15, 0.2) is 12.2 Å². The summed E-state index contributed by atoms with van der Waals surface area (Å²) in [5.74, 6) is -21.8. The van der Waals surface area contributed by atoms with Crippen LogP contribution in [0.3, 0.4) is 0 Å². The van der Waals surface area contributed by atoms with Gasteiger partial charge in [0.15, 0.2) is 0 Å². The van der Waals surface area contributed by atoms with Crippen LogP contribution in [0.4, 0.5) is 0 Å². The molecule has 0 radical (unpaired) electrons. The van der Waals surface area contributed by atoms with Gasteiger partial charge in [0, 0.05) is 25.6 Å². The first-order valence-electron chi connectivity index (χ1n) is 31.6. The third-order valence-electron chi connectivity index (χ3n) is 16.3. The van der Waals surface area contributed by atoms with E-state index < -0.39 is 205 Å². The van der Waals surface area contributed by atoms with Crippen LogP contribution in [-0.2, 0) is 76.7 Å². The number of carbonyl (C=O) groups excluding carboxylic acids is 12. The van der Waals surface area contributed by atoms with Crippen molar-refractivity contribution in [2.75, 3.05) is 26.2 Å². The second-order valence-corrected chi connectivity index (χ2v) is 24.3. The average Bonchev–Trinajstić information content (AvgIpc) is 1.81. The molecule has 16 N–H and O–H groups in total. The van der Waals surface area contributed by atoms with E-state index in [9.17, 15) is 92.3 Å². The van der Waals surface area contributed by atoms with E-state index in [-0.39, 0.29) is 51.6 Å². The van der Waals surface area contributed by atoms with Gasteiger partial charge in [0.1, 0.15) is 54.4 Å². The largest absolute Gasteiger partial charge is 0.481 e. The van der Waals surface area contributed by atoms with Gasteiger partial charge in [-0.15, -0.1) is 0 Å². The summed E-state index contributed by atoms with van der Waals surface area (Å²) in [7, 11) is 0. The van der Waals surface area contributed by atoms with E-state index in [1.165, 1.54) is 25.2 Å². The predicted molar refractivity (Wildman–Crippen MR) is 329 cm³/mol. The second kappa shape index (κ2) is 38.9. The Hall–Kier alpha value is -8.78. The Kier molecular flexibility index (Phi) is 32.8. The molecule has 33 heteroatoms. The molecule has 3 aliphatic heterocycles. The lowest BCUT2D eigenvalue weighted by atomic mass is 9.96. The molecule has 0 aromatic carbocycles. The van der Waals surface area contributed by atoms with Gasteiger partial charge < -0.3 is 89.1 Å². The van der Waals surface area contributed by atoms with Gasteiger partial charge in [0.2, 0.25) is 70.9 Å². The van der Waals surface area contributed by atoms with Gasteiger partial charge in [-0.25, -0.2) is 0 Å². The quantitative estimate of drug-likeness (QED) is 0.0347. The van der Waals surface area contributed by atoms with Crippen molar-refractivity contribution in [2.45, 2.75) is 224 Å². The minimum Gasteiger partial charge on any atom is -0.481 e. The van der Waals surface area contributed by atoms with Gasteiger partial charge in [-0.2, -0.15) is 0 Å². The summed E-state index contributed by atoms with van der Waals surface area (Å²) in [6, 6.07) is -18.5. The Morgan fingerprint density at radius 2 is 1.12 bits per heavy atom. The van der Waals surface area contributed by atoms with Gasteiger partial charge >= 0.3 is 23.9 Å². The summed E-state index contributed by atoms with van der Waals surface area (Å²) < 4.78 is 0. The van der Waals surface area contributed by atoms with Crippen LogP contribution in [0.25, 0.3) is 0 Å². The number of nitrogens with one attached hydrogen (secondary N) is 10. The minimum atomic E-state index is -2.15.